The Labute approximate surface area is 50.6 Å². The van der Waals surface area contributed by atoms with E-state index in [-0.39, 0.29) is 0 Å². The Morgan fingerprint density at radius 3 is 2.62 bits per heavy atom. The second-order valence-electron chi connectivity index (χ2n) is 3.56. The molecule has 0 nitrogen and oxygen atoms in total. The molecular weight excluding hydrogens is 96.1 g/mol. The molecule has 0 N–H and O–H groups in total. The summed E-state index contributed by atoms with van der Waals surface area (Å²) in [5.41, 5.74) is 2.39. The molecule has 2 aliphatic rings. The molecule has 0 saturated heterocycles. The minimum Gasteiger partial charge on any atom is -0.0847 e. The van der Waals surface area contributed by atoms with Crippen molar-refractivity contribution in [2.24, 2.45) is 11.3 Å². The van der Waals surface area contributed by atoms with Crippen molar-refractivity contribution in [3.63, 3.8) is 0 Å². The predicted molar refractivity (Wildman–Crippen MR) is 34.6 cm³/mol. The van der Waals surface area contributed by atoms with E-state index in [0.717, 1.165) is 11.3 Å². The number of rotatable bonds is 0. The molecule has 0 aromatic rings. The molecule has 0 radical (unpaired) electrons. The topological polar surface area (TPSA) is 0 Å². The van der Waals surface area contributed by atoms with Crippen LogP contribution in [-0.2, 0) is 0 Å². The standard InChI is InChI=1S/C8H12/c1-6-3-4-8(2)5-7(6)8/h3,7H,4-5H2,1-2H3. The van der Waals surface area contributed by atoms with Gasteiger partial charge in [0.25, 0.3) is 0 Å². The van der Waals surface area contributed by atoms with Crippen LogP contribution in [0.1, 0.15) is 26.7 Å². The van der Waals surface area contributed by atoms with Gasteiger partial charge in [0.2, 0.25) is 0 Å². The molecule has 8 heavy (non-hydrogen) atoms. The van der Waals surface area contributed by atoms with Crippen LogP contribution in [0.2, 0.25) is 0 Å². The summed E-state index contributed by atoms with van der Waals surface area (Å²) in [6.45, 7) is 4.66. The van der Waals surface area contributed by atoms with E-state index in [9.17, 15) is 0 Å². The minimum atomic E-state index is 0.740. The van der Waals surface area contributed by atoms with Crippen molar-refractivity contribution in [2.45, 2.75) is 26.7 Å². The van der Waals surface area contributed by atoms with Crippen LogP contribution in [0.5, 0.6) is 0 Å². The van der Waals surface area contributed by atoms with Crippen molar-refractivity contribution in [3.05, 3.63) is 11.6 Å². The maximum Gasteiger partial charge on any atom is -0.0143 e. The Bertz CT molecular complexity index is 155. The van der Waals surface area contributed by atoms with Crippen LogP contribution in [0.3, 0.4) is 0 Å². The van der Waals surface area contributed by atoms with E-state index < -0.39 is 0 Å². The first-order valence-corrected chi connectivity index (χ1v) is 3.39. The molecule has 0 aromatic carbocycles. The summed E-state index contributed by atoms with van der Waals surface area (Å²) in [6, 6.07) is 0. The predicted octanol–water partition coefficient (Wildman–Crippen LogP) is 2.36. The van der Waals surface area contributed by atoms with Crippen molar-refractivity contribution < 1.29 is 0 Å². The van der Waals surface area contributed by atoms with E-state index in [1.165, 1.54) is 12.8 Å². The summed E-state index contributed by atoms with van der Waals surface area (Å²) in [5.74, 6) is 0.988. The van der Waals surface area contributed by atoms with E-state index in [2.05, 4.69) is 19.9 Å². The Hall–Kier alpha value is -0.260. The van der Waals surface area contributed by atoms with E-state index >= 15 is 0 Å². The van der Waals surface area contributed by atoms with Crippen LogP contribution < -0.4 is 0 Å². The highest BCUT2D eigenvalue weighted by Crippen LogP contribution is 2.62. The zero-order valence-electron chi connectivity index (χ0n) is 5.57. The molecular formula is C8H12. The van der Waals surface area contributed by atoms with Crippen LogP contribution in [0.25, 0.3) is 0 Å². The van der Waals surface area contributed by atoms with Crippen molar-refractivity contribution in [3.8, 4) is 0 Å². The van der Waals surface area contributed by atoms with Gasteiger partial charge in [-0.05, 0) is 31.1 Å². The number of allylic oxidation sites excluding steroid dienone is 2. The molecule has 0 bridgehead atoms. The first-order chi connectivity index (χ1) is 3.72. The lowest BCUT2D eigenvalue weighted by Crippen LogP contribution is -1.87. The third-order valence-corrected chi connectivity index (χ3v) is 2.79. The first kappa shape index (κ1) is 4.60. The van der Waals surface area contributed by atoms with Crippen LogP contribution in [0.15, 0.2) is 11.6 Å². The molecule has 2 aliphatic carbocycles. The lowest BCUT2D eigenvalue weighted by atomic mass is 10.1. The molecule has 0 heteroatoms. The van der Waals surface area contributed by atoms with Gasteiger partial charge in [0, 0.05) is 0 Å². The number of hydrogen-bond acceptors (Lipinski definition) is 0. The molecule has 0 aromatic heterocycles. The van der Waals surface area contributed by atoms with Gasteiger partial charge in [-0.1, -0.05) is 18.6 Å². The molecule has 1 fully saturated rings. The number of fused-ring (bicyclic) bond motifs is 1. The van der Waals surface area contributed by atoms with Crippen molar-refractivity contribution in [1.82, 2.24) is 0 Å². The molecule has 1 saturated carbocycles. The van der Waals surface area contributed by atoms with Gasteiger partial charge in [-0.3, -0.25) is 0 Å². The summed E-state index contributed by atoms with van der Waals surface area (Å²) in [7, 11) is 0. The Balaban J connectivity index is 2.27. The van der Waals surface area contributed by atoms with E-state index in [4.69, 9.17) is 0 Å². The van der Waals surface area contributed by atoms with E-state index in [1.54, 1.807) is 5.57 Å². The average Bonchev–Trinajstić information content (AvgIpc) is 2.32. The molecule has 2 unspecified atom stereocenters. The third-order valence-electron chi connectivity index (χ3n) is 2.79. The fourth-order valence-electron chi connectivity index (χ4n) is 1.88. The summed E-state index contributed by atoms with van der Waals surface area (Å²) in [6.07, 6.45) is 5.22. The molecule has 0 aliphatic heterocycles. The summed E-state index contributed by atoms with van der Waals surface area (Å²) in [5, 5.41) is 0. The summed E-state index contributed by atoms with van der Waals surface area (Å²) < 4.78 is 0. The first-order valence-electron chi connectivity index (χ1n) is 3.39. The minimum absolute atomic E-state index is 0.740. The van der Waals surface area contributed by atoms with Gasteiger partial charge < -0.3 is 0 Å². The van der Waals surface area contributed by atoms with Crippen LogP contribution in [0, 0.1) is 11.3 Å². The van der Waals surface area contributed by atoms with Gasteiger partial charge in [0.1, 0.15) is 0 Å². The Kier molecular flexibility index (Phi) is 0.588. The zero-order valence-corrected chi connectivity index (χ0v) is 5.57. The van der Waals surface area contributed by atoms with E-state index in [1.807, 2.05) is 0 Å². The quantitative estimate of drug-likeness (QED) is 0.418. The van der Waals surface area contributed by atoms with Crippen molar-refractivity contribution in [2.75, 3.05) is 0 Å². The molecule has 0 heterocycles. The summed E-state index contributed by atoms with van der Waals surface area (Å²) in [4.78, 5) is 0. The SMILES string of the molecule is CC1=CCC2(C)CC12. The zero-order chi connectivity index (χ0) is 5.78. The largest absolute Gasteiger partial charge is 0.0847 e. The van der Waals surface area contributed by atoms with Crippen LogP contribution in [0.4, 0.5) is 0 Å². The van der Waals surface area contributed by atoms with Crippen molar-refractivity contribution in [1.29, 1.82) is 0 Å². The van der Waals surface area contributed by atoms with Crippen molar-refractivity contribution >= 4 is 0 Å². The van der Waals surface area contributed by atoms with Gasteiger partial charge in [-0.15, -0.1) is 0 Å². The molecule has 0 amide bonds. The smallest absolute Gasteiger partial charge is 0.0143 e. The normalized spacial score (nSPS) is 50.8. The maximum absolute atomic E-state index is 2.40. The molecule has 0 spiro atoms. The van der Waals surface area contributed by atoms with Gasteiger partial charge in [-0.25, -0.2) is 0 Å². The van der Waals surface area contributed by atoms with Gasteiger partial charge in [0.15, 0.2) is 0 Å². The van der Waals surface area contributed by atoms with Gasteiger partial charge >= 0.3 is 0 Å². The lowest BCUT2D eigenvalue weighted by Gasteiger charge is -1.96. The molecule has 44 valence electrons. The highest BCUT2D eigenvalue weighted by Gasteiger charge is 2.52. The molecule has 2 rings (SSSR count). The summed E-state index contributed by atoms with van der Waals surface area (Å²) >= 11 is 0. The van der Waals surface area contributed by atoms with E-state index in [0.29, 0.717) is 0 Å². The Morgan fingerprint density at radius 2 is 2.50 bits per heavy atom. The Morgan fingerprint density at radius 1 is 1.75 bits per heavy atom. The highest BCUT2D eigenvalue weighted by atomic mass is 14.6. The fourth-order valence-corrected chi connectivity index (χ4v) is 1.88. The maximum atomic E-state index is 2.40. The third kappa shape index (κ3) is 0.367. The fraction of sp³-hybridized carbons (Fsp3) is 0.750. The van der Waals surface area contributed by atoms with Crippen LogP contribution >= 0.6 is 0 Å². The van der Waals surface area contributed by atoms with Gasteiger partial charge in [-0.2, -0.15) is 0 Å². The second-order valence-corrected chi connectivity index (χ2v) is 3.56. The second kappa shape index (κ2) is 1.02. The highest BCUT2D eigenvalue weighted by molar-refractivity contribution is 5.26. The average molecular weight is 108 g/mol. The monoisotopic (exact) mass is 108 g/mol. The van der Waals surface area contributed by atoms with Crippen LogP contribution in [-0.4, -0.2) is 0 Å². The van der Waals surface area contributed by atoms with Gasteiger partial charge in [0.05, 0.1) is 0 Å². The molecule has 2 atom stereocenters. The lowest BCUT2D eigenvalue weighted by molar-refractivity contribution is 0.570. The number of hydrogen-bond donors (Lipinski definition) is 0.